The molecule has 1 atom stereocenters. The Kier molecular flexibility index (Phi) is 3.51. The van der Waals surface area contributed by atoms with E-state index >= 15 is 0 Å². The number of para-hydroxylation sites is 1. The maximum atomic E-state index is 11.9. The van der Waals surface area contributed by atoms with E-state index in [0.29, 0.717) is 17.5 Å². The third-order valence-corrected chi connectivity index (χ3v) is 4.03. The number of nitrogens with two attached hydrogens (primary N) is 1. The van der Waals surface area contributed by atoms with Crippen LogP contribution in [-0.2, 0) is 4.79 Å². The van der Waals surface area contributed by atoms with Gasteiger partial charge in [-0.3, -0.25) is 4.79 Å². The zero-order chi connectivity index (χ0) is 11.5. The molecule has 0 aromatic heterocycles. The van der Waals surface area contributed by atoms with Crippen molar-refractivity contribution in [2.75, 3.05) is 23.7 Å². The highest BCUT2D eigenvalue weighted by molar-refractivity contribution is 8.00. The van der Waals surface area contributed by atoms with Gasteiger partial charge < -0.3 is 10.6 Å². The van der Waals surface area contributed by atoms with E-state index in [1.165, 1.54) is 0 Å². The summed E-state index contributed by atoms with van der Waals surface area (Å²) in [6.07, 6.45) is 0. The second kappa shape index (κ2) is 4.89. The number of nitrogens with zero attached hydrogens (tertiary/aromatic N) is 1. The molecule has 0 aliphatic carbocycles. The maximum absolute atomic E-state index is 11.9. The molecule has 0 saturated carbocycles. The second-order valence-electron chi connectivity index (χ2n) is 3.96. The number of carbonyl (C=O) groups is 1. The summed E-state index contributed by atoms with van der Waals surface area (Å²) < 4.78 is 0. The Labute approximate surface area is 100.0 Å². The molecule has 1 aromatic rings. The van der Waals surface area contributed by atoms with Gasteiger partial charge in [-0.15, -0.1) is 11.8 Å². The average Bonchev–Trinajstić information content (AvgIpc) is 2.31. The van der Waals surface area contributed by atoms with Gasteiger partial charge in [0.05, 0.1) is 5.75 Å². The van der Waals surface area contributed by atoms with Gasteiger partial charge in [-0.2, -0.15) is 0 Å². The van der Waals surface area contributed by atoms with Crippen LogP contribution >= 0.6 is 11.8 Å². The summed E-state index contributed by atoms with van der Waals surface area (Å²) in [5.74, 6) is 0.722. The molecule has 3 nitrogen and oxygen atoms in total. The molecule has 1 fully saturated rings. The molecule has 1 amide bonds. The van der Waals surface area contributed by atoms with E-state index in [9.17, 15) is 4.79 Å². The van der Waals surface area contributed by atoms with Crippen molar-refractivity contribution in [1.82, 2.24) is 0 Å². The van der Waals surface area contributed by atoms with E-state index < -0.39 is 0 Å². The molecule has 1 unspecified atom stereocenters. The minimum absolute atomic E-state index is 0.184. The van der Waals surface area contributed by atoms with Crippen LogP contribution in [0.5, 0.6) is 0 Å². The number of aryl methyl sites for hydroxylation is 1. The number of benzene rings is 1. The summed E-state index contributed by atoms with van der Waals surface area (Å²) >= 11 is 1.66. The van der Waals surface area contributed by atoms with Gasteiger partial charge in [0, 0.05) is 24.0 Å². The molecular formula is C12H16N2OS. The number of thioether (sulfide) groups is 1. The first-order chi connectivity index (χ1) is 7.72. The van der Waals surface area contributed by atoms with Crippen molar-refractivity contribution < 1.29 is 4.79 Å². The largest absolute Gasteiger partial charge is 0.329 e. The van der Waals surface area contributed by atoms with Crippen molar-refractivity contribution in [2.24, 2.45) is 5.73 Å². The highest BCUT2D eigenvalue weighted by Gasteiger charge is 2.26. The van der Waals surface area contributed by atoms with Gasteiger partial charge in [0.25, 0.3) is 0 Å². The van der Waals surface area contributed by atoms with Gasteiger partial charge >= 0.3 is 0 Å². The molecule has 0 radical (unpaired) electrons. The van der Waals surface area contributed by atoms with Gasteiger partial charge in [-0.1, -0.05) is 18.2 Å². The van der Waals surface area contributed by atoms with Crippen LogP contribution in [0.3, 0.4) is 0 Å². The molecule has 1 saturated heterocycles. The first-order valence-electron chi connectivity index (χ1n) is 5.40. The van der Waals surface area contributed by atoms with E-state index in [0.717, 1.165) is 17.8 Å². The minimum atomic E-state index is 0.184. The van der Waals surface area contributed by atoms with Crippen LogP contribution < -0.4 is 10.6 Å². The number of anilines is 1. The number of rotatable bonds is 2. The van der Waals surface area contributed by atoms with Crippen molar-refractivity contribution in [3.63, 3.8) is 0 Å². The Hall–Kier alpha value is -1.00. The summed E-state index contributed by atoms with van der Waals surface area (Å²) in [4.78, 5) is 13.7. The van der Waals surface area contributed by atoms with Crippen molar-refractivity contribution >= 4 is 23.4 Å². The lowest BCUT2D eigenvalue weighted by Gasteiger charge is -2.32. The third-order valence-electron chi connectivity index (χ3n) is 2.80. The van der Waals surface area contributed by atoms with Crippen LogP contribution in [-0.4, -0.2) is 30.0 Å². The Morgan fingerprint density at radius 3 is 2.94 bits per heavy atom. The van der Waals surface area contributed by atoms with Gasteiger partial charge in [0.2, 0.25) is 5.91 Å². The third kappa shape index (κ3) is 2.23. The molecule has 86 valence electrons. The Morgan fingerprint density at radius 1 is 1.50 bits per heavy atom. The fraction of sp³-hybridized carbons (Fsp3) is 0.417. The van der Waals surface area contributed by atoms with E-state index in [4.69, 9.17) is 5.73 Å². The van der Waals surface area contributed by atoms with Gasteiger partial charge in [-0.05, 0) is 18.6 Å². The molecule has 16 heavy (non-hydrogen) atoms. The van der Waals surface area contributed by atoms with Crippen molar-refractivity contribution in [3.05, 3.63) is 29.8 Å². The van der Waals surface area contributed by atoms with Crippen LogP contribution in [0, 0.1) is 6.92 Å². The smallest absolute Gasteiger partial charge is 0.237 e. The summed E-state index contributed by atoms with van der Waals surface area (Å²) in [6.45, 7) is 3.38. The number of amides is 1. The first kappa shape index (κ1) is 11.5. The molecule has 4 heteroatoms. The lowest BCUT2D eigenvalue weighted by atomic mass is 10.1. The Morgan fingerprint density at radius 2 is 2.25 bits per heavy atom. The molecule has 2 N–H and O–H groups in total. The van der Waals surface area contributed by atoms with E-state index in [1.54, 1.807) is 11.8 Å². The molecule has 2 rings (SSSR count). The van der Waals surface area contributed by atoms with Gasteiger partial charge in [-0.25, -0.2) is 0 Å². The standard InChI is InChI=1S/C12H16N2OS/c1-9-4-2-3-5-11(9)14-7-10(6-13)16-8-12(14)15/h2-5,10H,6-8,13H2,1H3. The lowest BCUT2D eigenvalue weighted by molar-refractivity contribution is -0.116. The topological polar surface area (TPSA) is 46.3 Å². The molecule has 1 aliphatic rings. The fourth-order valence-electron chi connectivity index (χ4n) is 1.87. The van der Waals surface area contributed by atoms with Gasteiger partial charge in [0.1, 0.15) is 0 Å². The van der Waals surface area contributed by atoms with E-state index in [2.05, 4.69) is 0 Å². The highest BCUT2D eigenvalue weighted by atomic mass is 32.2. The normalized spacial score (nSPS) is 21.2. The number of hydrogen-bond donors (Lipinski definition) is 1. The predicted octanol–water partition coefficient (Wildman–Crippen LogP) is 1.40. The molecule has 1 aliphatic heterocycles. The summed E-state index contributed by atoms with van der Waals surface area (Å²) in [6, 6.07) is 7.98. The zero-order valence-corrected chi connectivity index (χ0v) is 10.2. The van der Waals surface area contributed by atoms with Crippen LogP contribution in [0.4, 0.5) is 5.69 Å². The molecule has 1 aromatic carbocycles. The lowest BCUT2D eigenvalue weighted by Crippen LogP contribution is -2.45. The Balaban J connectivity index is 2.25. The van der Waals surface area contributed by atoms with Gasteiger partial charge in [0.15, 0.2) is 0 Å². The molecule has 0 bridgehead atoms. The average molecular weight is 236 g/mol. The molecule has 1 heterocycles. The van der Waals surface area contributed by atoms with Crippen LogP contribution in [0.25, 0.3) is 0 Å². The highest BCUT2D eigenvalue weighted by Crippen LogP contribution is 2.26. The SMILES string of the molecule is Cc1ccccc1N1CC(CN)SCC1=O. The summed E-state index contributed by atoms with van der Waals surface area (Å²) in [5, 5.41) is 0.359. The quantitative estimate of drug-likeness (QED) is 0.844. The van der Waals surface area contributed by atoms with E-state index in [-0.39, 0.29) is 5.91 Å². The zero-order valence-electron chi connectivity index (χ0n) is 9.35. The van der Waals surface area contributed by atoms with Crippen molar-refractivity contribution in [1.29, 1.82) is 0 Å². The Bertz CT molecular complexity index is 394. The van der Waals surface area contributed by atoms with Crippen molar-refractivity contribution in [3.8, 4) is 0 Å². The van der Waals surface area contributed by atoms with Crippen molar-refractivity contribution in [2.45, 2.75) is 12.2 Å². The number of hydrogen-bond acceptors (Lipinski definition) is 3. The van der Waals surface area contributed by atoms with Crippen LogP contribution in [0.2, 0.25) is 0 Å². The molecule has 0 spiro atoms. The fourth-order valence-corrected chi connectivity index (χ4v) is 2.79. The monoisotopic (exact) mass is 236 g/mol. The van der Waals surface area contributed by atoms with Crippen LogP contribution in [0.1, 0.15) is 5.56 Å². The van der Waals surface area contributed by atoms with E-state index in [1.807, 2.05) is 36.1 Å². The molecular weight excluding hydrogens is 220 g/mol. The van der Waals surface area contributed by atoms with Crippen LogP contribution in [0.15, 0.2) is 24.3 Å². The predicted molar refractivity (Wildman–Crippen MR) is 68.8 cm³/mol. The first-order valence-corrected chi connectivity index (χ1v) is 6.45. The second-order valence-corrected chi connectivity index (χ2v) is 5.25. The summed E-state index contributed by atoms with van der Waals surface area (Å²) in [5.41, 5.74) is 7.83. The number of carbonyl (C=O) groups excluding carboxylic acids is 1. The minimum Gasteiger partial charge on any atom is -0.329 e. The maximum Gasteiger partial charge on any atom is 0.237 e. The summed E-state index contributed by atoms with van der Waals surface area (Å²) in [7, 11) is 0.